The lowest BCUT2D eigenvalue weighted by molar-refractivity contribution is 1.06. The molecule has 1 atom stereocenters. The Morgan fingerprint density at radius 3 is 2.82 bits per heavy atom. The number of halogens is 2. The van der Waals surface area contributed by atoms with Crippen LogP contribution in [0, 0.1) is 0 Å². The molecular weight excluding hydrogens is 187 g/mol. The molecule has 56 valence electrons. The highest BCUT2D eigenvalue weighted by Gasteiger charge is 2.42. The molecule has 0 amide bonds. The largest absolute Gasteiger partial charge is 0.247 e. The van der Waals surface area contributed by atoms with Crippen molar-refractivity contribution in [2.45, 2.75) is 5.00 Å². The number of hydrogen-bond acceptors (Lipinski definition) is 4. The Bertz CT molecular complexity index is 316. The standard InChI is InChI=1S/C5H2Cl2N4/c6-3-5(7)4(9-1-8-3)10-2-11-5/h1-2H. The SMILES string of the molecule is ClC1=NC=NC2=NC=NC12Cl. The van der Waals surface area contributed by atoms with Crippen LogP contribution in [-0.2, 0) is 0 Å². The van der Waals surface area contributed by atoms with Gasteiger partial charge in [0.05, 0.1) is 0 Å². The first-order valence-electron chi connectivity index (χ1n) is 2.81. The second-order valence-corrected chi connectivity index (χ2v) is 2.89. The predicted octanol–water partition coefficient (Wildman–Crippen LogP) is 1.04. The van der Waals surface area contributed by atoms with Crippen LogP contribution in [-0.4, -0.2) is 28.7 Å². The topological polar surface area (TPSA) is 49.4 Å². The van der Waals surface area contributed by atoms with Crippen LogP contribution >= 0.6 is 23.2 Å². The maximum Gasteiger partial charge on any atom is 0.247 e. The number of nitrogens with zero attached hydrogens (tertiary/aromatic N) is 4. The van der Waals surface area contributed by atoms with Crippen molar-refractivity contribution in [1.82, 2.24) is 0 Å². The van der Waals surface area contributed by atoms with Gasteiger partial charge in [-0.2, -0.15) is 0 Å². The fraction of sp³-hybridized carbons (Fsp3) is 0.200. The van der Waals surface area contributed by atoms with Crippen molar-refractivity contribution in [2.24, 2.45) is 20.0 Å². The second kappa shape index (κ2) is 2.12. The van der Waals surface area contributed by atoms with E-state index in [1.54, 1.807) is 0 Å². The zero-order valence-electron chi connectivity index (χ0n) is 5.20. The first-order chi connectivity index (χ1) is 5.23. The van der Waals surface area contributed by atoms with Gasteiger partial charge in [-0.15, -0.1) is 0 Å². The van der Waals surface area contributed by atoms with E-state index >= 15 is 0 Å². The van der Waals surface area contributed by atoms with Gasteiger partial charge in [0.15, 0.2) is 11.0 Å². The van der Waals surface area contributed by atoms with Crippen LogP contribution in [0.5, 0.6) is 0 Å². The average Bonchev–Trinajstić information content (AvgIpc) is 2.34. The Morgan fingerprint density at radius 1 is 1.27 bits per heavy atom. The molecule has 2 aliphatic rings. The zero-order valence-corrected chi connectivity index (χ0v) is 6.71. The third-order valence-electron chi connectivity index (χ3n) is 1.34. The first kappa shape index (κ1) is 6.94. The lowest BCUT2D eigenvalue weighted by atomic mass is 10.3. The van der Waals surface area contributed by atoms with Crippen LogP contribution in [0.15, 0.2) is 20.0 Å². The maximum absolute atomic E-state index is 5.92. The molecular formula is C5H2Cl2N4. The van der Waals surface area contributed by atoms with Crippen molar-refractivity contribution in [1.29, 1.82) is 0 Å². The molecule has 2 heterocycles. The second-order valence-electron chi connectivity index (χ2n) is 1.98. The van der Waals surface area contributed by atoms with Crippen LogP contribution in [0.4, 0.5) is 0 Å². The van der Waals surface area contributed by atoms with E-state index in [-0.39, 0.29) is 5.17 Å². The van der Waals surface area contributed by atoms with E-state index in [0.717, 1.165) is 0 Å². The van der Waals surface area contributed by atoms with Crippen molar-refractivity contribution in [3.8, 4) is 0 Å². The number of aliphatic imine (C=N–C) groups is 4. The highest BCUT2D eigenvalue weighted by molar-refractivity contribution is 6.77. The summed E-state index contributed by atoms with van der Waals surface area (Å²) in [5.41, 5.74) is 0. The fourth-order valence-corrected chi connectivity index (χ4v) is 1.16. The molecule has 0 aromatic heterocycles. The van der Waals surface area contributed by atoms with Gasteiger partial charge in [0.1, 0.15) is 12.7 Å². The summed E-state index contributed by atoms with van der Waals surface area (Å²) in [6.07, 6.45) is 2.62. The van der Waals surface area contributed by atoms with Gasteiger partial charge in [0.25, 0.3) is 0 Å². The van der Waals surface area contributed by atoms with E-state index in [4.69, 9.17) is 23.2 Å². The quantitative estimate of drug-likeness (QED) is 0.403. The van der Waals surface area contributed by atoms with Crippen LogP contribution in [0.2, 0.25) is 0 Å². The number of rotatable bonds is 0. The number of hydrogen-bond donors (Lipinski definition) is 0. The van der Waals surface area contributed by atoms with Gasteiger partial charge in [0, 0.05) is 0 Å². The van der Waals surface area contributed by atoms with Crippen molar-refractivity contribution in [3.63, 3.8) is 0 Å². The molecule has 0 spiro atoms. The van der Waals surface area contributed by atoms with E-state index in [1.807, 2.05) is 0 Å². The molecule has 0 aromatic rings. The van der Waals surface area contributed by atoms with Crippen LogP contribution in [0.25, 0.3) is 0 Å². The Morgan fingerprint density at radius 2 is 2.09 bits per heavy atom. The molecule has 0 bridgehead atoms. The smallest absolute Gasteiger partial charge is 0.235 e. The summed E-state index contributed by atoms with van der Waals surface area (Å²) < 4.78 is 0. The molecule has 0 radical (unpaired) electrons. The summed E-state index contributed by atoms with van der Waals surface area (Å²) in [6.45, 7) is 0. The Labute approximate surface area is 72.4 Å². The molecule has 2 rings (SSSR count). The molecule has 4 nitrogen and oxygen atoms in total. The molecule has 6 heteroatoms. The Kier molecular flexibility index (Phi) is 1.34. The minimum absolute atomic E-state index is 0.182. The minimum atomic E-state index is -1.14. The predicted molar refractivity (Wildman–Crippen MR) is 46.3 cm³/mol. The normalized spacial score (nSPS) is 33.3. The molecule has 0 fully saturated rings. The van der Waals surface area contributed by atoms with Crippen molar-refractivity contribution in [2.75, 3.05) is 0 Å². The highest BCUT2D eigenvalue weighted by atomic mass is 35.5. The summed E-state index contributed by atoms with van der Waals surface area (Å²) in [5.74, 6) is 0.374. The monoisotopic (exact) mass is 188 g/mol. The summed E-state index contributed by atoms with van der Waals surface area (Å²) in [4.78, 5) is 14.0. The average molecular weight is 189 g/mol. The number of amidine groups is 1. The van der Waals surface area contributed by atoms with Crippen molar-refractivity contribution >= 4 is 46.9 Å². The molecule has 11 heavy (non-hydrogen) atoms. The first-order valence-corrected chi connectivity index (χ1v) is 3.56. The zero-order chi connectivity index (χ0) is 7.90. The van der Waals surface area contributed by atoms with Gasteiger partial charge in [-0.05, 0) is 0 Å². The number of alkyl halides is 1. The Hall–Kier alpha value is -0.740. The highest BCUT2D eigenvalue weighted by Crippen LogP contribution is 2.29. The van der Waals surface area contributed by atoms with Gasteiger partial charge >= 0.3 is 0 Å². The minimum Gasteiger partial charge on any atom is -0.235 e. The maximum atomic E-state index is 5.92. The third-order valence-corrected chi connectivity index (χ3v) is 2.25. The van der Waals surface area contributed by atoms with Crippen LogP contribution in [0.3, 0.4) is 0 Å². The summed E-state index contributed by atoms with van der Waals surface area (Å²) in [7, 11) is 0. The van der Waals surface area contributed by atoms with Crippen LogP contribution in [0.1, 0.15) is 0 Å². The molecule has 2 aliphatic heterocycles. The van der Waals surface area contributed by atoms with Crippen molar-refractivity contribution < 1.29 is 0 Å². The number of fused-ring (bicyclic) bond motifs is 1. The molecule has 0 N–H and O–H groups in total. The molecule has 0 aliphatic carbocycles. The van der Waals surface area contributed by atoms with E-state index in [9.17, 15) is 0 Å². The van der Waals surface area contributed by atoms with E-state index in [0.29, 0.717) is 5.84 Å². The molecule has 0 saturated carbocycles. The lowest BCUT2D eigenvalue weighted by Crippen LogP contribution is -2.35. The van der Waals surface area contributed by atoms with E-state index < -0.39 is 5.00 Å². The van der Waals surface area contributed by atoms with Gasteiger partial charge in [-0.1, -0.05) is 23.2 Å². The lowest BCUT2D eigenvalue weighted by Gasteiger charge is -2.17. The van der Waals surface area contributed by atoms with Crippen LogP contribution < -0.4 is 0 Å². The Balaban J connectivity index is 2.56. The van der Waals surface area contributed by atoms with Crippen molar-refractivity contribution in [3.05, 3.63) is 0 Å². The fourth-order valence-electron chi connectivity index (χ4n) is 0.791. The molecule has 1 unspecified atom stereocenters. The third kappa shape index (κ3) is 0.829. The van der Waals surface area contributed by atoms with Gasteiger partial charge in [0.2, 0.25) is 5.00 Å². The molecule has 0 aromatic carbocycles. The van der Waals surface area contributed by atoms with E-state index in [1.165, 1.54) is 12.7 Å². The van der Waals surface area contributed by atoms with E-state index in [2.05, 4.69) is 20.0 Å². The van der Waals surface area contributed by atoms with Gasteiger partial charge < -0.3 is 0 Å². The summed E-state index contributed by atoms with van der Waals surface area (Å²) >= 11 is 11.6. The van der Waals surface area contributed by atoms with Gasteiger partial charge in [-0.3, -0.25) is 0 Å². The molecule has 0 saturated heterocycles. The summed E-state index contributed by atoms with van der Waals surface area (Å²) in [6, 6.07) is 0. The summed E-state index contributed by atoms with van der Waals surface area (Å²) in [5, 5.41) is 0.182. The van der Waals surface area contributed by atoms with Gasteiger partial charge in [-0.25, -0.2) is 20.0 Å².